The van der Waals surface area contributed by atoms with E-state index >= 15 is 0 Å². The van der Waals surface area contributed by atoms with Gasteiger partial charge in [-0.1, -0.05) is 13.0 Å². The second-order valence-corrected chi connectivity index (χ2v) is 8.15. The van der Waals surface area contributed by atoms with E-state index in [1.807, 2.05) is 30.9 Å². The first kappa shape index (κ1) is 19.9. The molecule has 1 amide bonds. The molecule has 2 rings (SSSR count). The highest BCUT2D eigenvalue weighted by Gasteiger charge is 2.21. The Morgan fingerprint density at radius 2 is 1.88 bits per heavy atom. The molecule has 0 aliphatic heterocycles. The molecule has 0 saturated carbocycles. The normalized spacial score (nSPS) is 12.4. The van der Waals surface area contributed by atoms with Crippen LogP contribution in [0.1, 0.15) is 43.1 Å². The number of anilines is 1. The molecule has 0 aliphatic carbocycles. The summed E-state index contributed by atoms with van der Waals surface area (Å²) in [4.78, 5) is 18.9. The number of nitrogens with zero attached hydrogens (tertiary/aromatic N) is 2. The summed E-state index contributed by atoms with van der Waals surface area (Å²) in [6.45, 7) is 6.10. The molecule has 2 aromatic rings. The molecule has 1 aromatic carbocycles. The third-order valence-electron chi connectivity index (χ3n) is 4.24. The molecule has 6 nitrogen and oxygen atoms in total. The number of hydrogen-bond donors (Lipinski definition) is 1. The molecule has 26 heavy (non-hydrogen) atoms. The summed E-state index contributed by atoms with van der Waals surface area (Å²) in [6.07, 6.45) is 4.29. The summed E-state index contributed by atoms with van der Waals surface area (Å²) in [6, 6.07) is 10.4. The first-order valence-corrected chi connectivity index (χ1v) is 10.3. The molecule has 1 atom stereocenters. The first-order chi connectivity index (χ1) is 12.4. The van der Waals surface area contributed by atoms with Gasteiger partial charge in [0, 0.05) is 36.2 Å². The highest BCUT2D eigenvalue weighted by Crippen LogP contribution is 2.17. The van der Waals surface area contributed by atoms with E-state index in [1.165, 1.54) is 0 Å². The van der Waals surface area contributed by atoms with Crippen molar-refractivity contribution in [3.63, 3.8) is 0 Å². The van der Waals surface area contributed by atoms with Crippen LogP contribution in [0.3, 0.4) is 0 Å². The zero-order valence-electron chi connectivity index (χ0n) is 15.3. The number of benzene rings is 1. The van der Waals surface area contributed by atoms with E-state index in [0.29, 0.717) is 17.8 Å². The van der Waals surface area contributed by atoms with Crippen molar-refractivity contribution < 1.29 is 13.2 Å². The Hall–Kier alpha value is -2.41. The van der Waals surface area contributed by atoms with Crippen molar-refractivity contribution in [3.8, 4) is 0 Å². The van der Waals surface area contributed by atoms with Gasteiger partial charge in [-0.05, 0) is 56.2 Å². The number of sulfonamides is 1. The van der Waals surface area contributed by atoms with Gasteiger partial charge in [0.1, 0.15) is 0 Å². The molecular weight excluding hydrogens is 350 g/mol. The number of aromatic nitrogens is 1. The van der Waals surface area contributed by atoms with Gasteiger partial charge in [0.2, 0.25) is 10.0 Å². The summed E-state index contributed by atoms with van der Waals surface area (Å²) in [5, 5.41) is 0. The van der Waals surface area contributed by atoms with Gasteiger partial charge in [0.05, 0.1) is 5.75 Å². The predicted octanol–water partition coefficient (Wildman–Crippen LogP) is 3.28. The summed E-state index contributed by atoms with van der Waals surface area (Å²) in [7, 11) is -3.33. The van der Waals surface area contributed by atoms with E-state index in [-0.39, 0.29) is 17.7 Å². The number of rotatable bonds is 8. The molecule has 7 heteroatoms. The van der Waals surface area contributed by atoms with Crippen molar-refractivity contribution in [2.24, 2.45) is 0 Å². The summed E-state index contributed by atoms with van der Waals surface area (Å²) < 4.78 is 25.7. The fourth-order valence-electron chi connectivity index (χ4n) is 2.43. The smallest absolute Gasteiger partial charge is 0.254 e. The predicted molar refractivity (Wildman–Crippen MR) is 103 cm³/mol. The Labute approximate surface area is 155 Å². The SMILES string of the molecule is CC[C@@H](C)N(Cc1cccnc1)C(=O)c1ccc(NS(=O)(=O)CC)cc1. The Kier molecular flexibility index (Phi) is 6.74. The van der Waals surface area contributed by atoms with E-state index in [1.54, 1.807) is 43.6 Å². The number of carbonyl (C=O) groups excluding carboxylic acids is 1. The van der Waals surface area contributed by atoms with E-state index in [2.05, 4.69) is 9.71 Å². The van der Waals surface area contributed by atoms with Crippen LogP contribution in [0.5, 0.6) is 0 Å². The van der Waals surface area contributed by atoms with Crippen molar-refractivity contribution in [3.05, 3.63) is 59.9 Å². The van der Waals surface area contributed by atoms with Gasteiger partial charge in [-0.3, -0.25) is 14.5 Å². The topological polar surface area (TPSA) is 79.4 Å². The van der Waals surface area contributed by atoms with E-state index < -0.39 is 10.0 Å². The molecule has 0 fully saturated rings. The summed E-state index contributed by atoms with van der Waals surface area (Å²) >= 11 is 0. The lowest BCUT2D eigenvalue weighted by molar-refractivity contribution is 0.0671. The van der Waals surface area contributed by atoms with Crippen molar-refractivity contribution in [1.82, 2.24) is 9.88 Å². The number of hydrogen-bond acceptors (Lipinski definition) is 4. The quantitative estimate of drug-likeness (QED) is 0.768. The van der Waals surface area contributed by atoms with Gasteiger partial charge >= 0.3 is 0 Å². The van der Waals surface area contributed by atoms with Crippen molar-refractivity contribution >= 4 is 21.6 Å². The minimum Gasteiger partial charge on any atom is -0.332 e. The number of carbonyl (C=O) groups is 1. The molecule has 1 aromatic heterocycles. The average Bonchev–Trinajstić information content (AvgIpc) is 2.66. The molecule has 0 aliphatic rings. The summed E-state index contributed by atoms with van der Waals surface area (Å²) in [5.41, 5.74) is 1.94. The second kappa shape index (κ2) is 8.80. The Morgan fingerprint density at radius 1 is 1.19 bits per heavy atom. The maximum atomic E-state index is 13.0. The molecule has 1 heterocycles. The van der Waals surface area contributed by atoms with Gasteiger partial charge in [-0.2, -0.15) is 0 Å². The molecule has 1 N–H and O–H groups in total. The van der Waals surface area contributed by atoms with Gasteiger partial charge in [-0.15, -0.1) is 0 Å². The minimum absolute atomic E-state index is 0.000581. The second-order valence-electron chi connectivity index (χ2n) is 6.13. The average molecular weight is 375 g/mol. The van der Waals surface area contributed by atoms with Crippen molar-refractivity contribution in [2.75, 3.05) is 10.5 Å². The minimum atomic E-state index is -3.33. The molecule has 0 radical (unpaired) electrons. The largest absolute Gasteiger partial charge is 0.332 e. The lowest BCUT2D eigenvalue weighted by atomic mass is 10.1. The van der Waals surface area contributed by atoms with Gasteiger partial charge in [0.15, 0.2) is 0 Å². The summed E-state index contributed by atoms with van der Waals surface area (Å²) in [5.74, 6) is -0.0891. The standard InChI is InChI=1S/C19H25N3O3S/c1-4-15(3)22(14-16-7-6-12-20-13-16)19(23)17-8-10-18(11-9-17)21-26(24,25)5-2/h6-13,15,21H,4-5,14H2,1-3H3/t15-/m1/s1. The molecule has 0 spiro atoms. The number of amides is 1. The highest BCUT2D eigenvalue weighted by molar-refractivity contribution is 7.92. The highest BCUT2D eigenvalue weighted by atomic mass is 32.2. The fraction of sp³-hybridized carbons (Fsp3) is 0.368. The Bertz CT molecular complexity index is 821. The third-order valence-corrected chi connectivity index (χ3v) is 5.55. The van der Waals surface area contributed by atoms with Crippen LogP contribution < -0.4 is 4.72 Å². The zero-order chi connectivity index (χ0) is 19.2. The third kappa shape index (κ3) is 5.29. The van der Waals surface area contributed by atoms with Crippen LogP contribution in [0.15, 0.2) is 48.8 Å². The molecule has 140 valence electrons. The van der Waals surface area contributed by atoms with Crippen molar-refractivity contribution in [1.29, 1.82) is 0 Å². The van der Waals surface area contributed by atoms with Gasteiger partial charge < -0.3 is 4.90 Å². The van der Waals surface area contributed by atoms with Crippen LogP contribution in [0.4, 0.5) is 5.69 Å². The van der Waals surface area contributed by atoms with E-state index in [0.717, 1.165) is 12.0 Å². The lowest BCUT2D eigenvalue weighted by Gasteiger charge is -2.29. The van der Waals surface area contributed by atoms with Gasteiger partial charge in [-0.25, -0.2) is 8.42 Å². The lowest BCUT2D eigenvalue weighted by Crippen LogP contribution is -2.37. The van der Waals surface area contributed by atoms with Gasteiger partial charge in [0.25, 0.3) is 5.91 Å². The van der Waals surface area contributed by atoms with Crippen LogP contribution >= 0.6 is 0 Å². The van der Waals surface area contributed by atoms with Crippen LogP contribution in [-0.2, 0) is 16.6 Å². The van der Waals surface area contributed by atoms with Crippen LogP contribution in [-0.4, -0.2) is 36.0 Å². The molecule has 0 unspecified atom stereocenters. The zero-order valence-corrected chi connectivity index (χ0v) is 16.2. The van der Waals surface area contributed by atoms with Crippen LogP contribution in [0, 0.1) is 0 Å². The fourth-order valence-corrected chi connectivity index (χ4v) is 3.07. The molecule has 0 bridgehead atoms. The maximum absolute atomic E-state index is 13.0. The monoisotopic (exact) mass is 375 g/mol. The van der Waals surface area contributed by atoms with Crippen LogP contribution in [0.2, 0.25) is 0 Å². The number of pyridine rings is 1. The Morgan fingerprint density at radius 3 is 2.42 bits per heavy atom. The molecule has 0 saturated heterocycles. The first-order valence-electron chi connectivity index (χ1n) is 8.66. The van der Waals surface area contributed by atoms with E-state index in [9.17, 15) is 13.2 Å². The maximum Gasteiger partial charge on any atom is 0.254 e. The molecular formula is C19H25N3O3S. The Balaban J connectivity index is 2.19. The van der Waals surface area contributed by atoms with Crippen molar-refractivity contribution in [2.45, 2.75) is 39.8 Å². The number of nitrogens with one attached hydrogen (secondary N) is 1. The van der Waals surface area contributed by atoms with E-state index in [4.69, 9.17) is 0 Å². The van der Waals surface area contributed by atoms with Crippen LogP contribution in [0.25, 0.3) is 0 Å².